The quantitative estimate of drug-likeness (QED) is 0.635. The molecule has 0 unspecified atom stereocenters. The molecule has 1 aromatic carbocycles. The average molecular weight is 337 g/mol. The molecule has 0 atom stereocenters. The number of Topliss-reactive ketones (excluding diaryl/α,β-unsaturated/α-hetero) is 1. The smallest absolute Gasteiger partial charge is 0.169 e. The van der Waals surface area contributed by atoms with Crippen molar-refractivity contribution in [1.82, 2.24) is 4.98 Å². The fourth-order valence-electron chi connectivity index (χ4n) is 1.63. The van der Waals surface area contributed by atoms with E-state index in [4.69, 9.17) is 0 Å². The largest absolute Gasteiger partial charge is 0.294 e. The molecule has 0 saturated carbocycles. The van der Waals surface area contributed by atoms with Gasteiger partial charge in [-0.1, -0.05) is 24.3 Å². The minimum atomic E-state index is 0.122. The Morgan fingerprint density at radius 2 is 2.06 bits per heavy atom. The molecule has 0 aliphatic rings. The summed E-state index contributed by atoms with van der Waals surface area (Å²) in [5.41, 5.74) is 2.74. The summed E-state index contributed by atoms with van der Waals surface area (Å²) in [6, 6.07) is 11.4. The second kappa shape index (κ2) is 5.40. The number of hydrogen-bond acceptors (Lipinski definition) is 2. The van der Waals surface area contributed by atoms with E-state index < -0.39 is 0 Å². The SMILES string of the molecule is Cc1cccc(C(=O)Cc2ccccn2)c1I. The summed E-state index contributed by atoms with van der Waals surface area (Å²) in [4.78, 5) is 16.3. The van der Waals surface area contributed by atoms with Crippen molar-refractivity contribution in [2.45, 2.75) is 13.3 Å². The first-order chi connectivity index (χ1) is 8.18. The van der Waals surface area contributed by atoms with Gasteiger partial charge < -0.3 is 0 Å². The van der Waals surface area contributed by atoms with E-state index in [1.807, 2.05) is 43.3 Å². The van der Waals surface area contributed by atoms with Gasteiger partial charge in [0.1, 0.15) is 0 Å². The maximum atomic E-state index is 12.1. The second-order valence-electron chi connectivity index (χ2n) is 3.86. The Balaban J connectivity index is 2.24. The molecule has 17 heavy (non-hydrogen) atoms. The van der Waals surface area contributed by atoms with Gasteiger partial charge >= 0.3 is 0 Å². The van der Waals surface area contributed by atoms with Crippen molar-refractivity contribution in [2.24, 2.45) is 0 Å². The summed E-state index contributed by atoms with van der Waals surface area (Å²) in [5, 5.41) is 0. The molecule has 1 aromatic heterocycles. The molecule has 0 aliphatic heterocycles. The van der Waals surface area contributed by atoms with Gasteiger partial charge in [-0.15, -0.1) is 0 Å². The highest BCUT2D eigenvalue weighted by Gasteiger charge is 2.12. The molecule has 3 heteroatoms. The number of benzene rings is 1. The molecular weight excluding hydrogens is 325 g/mol. The van der Waals surface area contributed by atoms with Crippen LogP contribution in [0.2, 0.25) is 0 Å². The topological polar surface area (TPSA) is 30.0 Å². The van der Waals surface area contributed by atoms with Crippen LogP contribution in [0.1, 0.15) is 21.6 Å². The highest BCUT2D eigenvalue weighted by Crippen LogP contribution is 2.18. The van der Waals surface area contributed by atoms with E-state index in [1.54, 1.807) is 6.20 Å². The lowest BCUT2D eigenvalue weighted by atomic mass is 10.0. The van der Waals surface area contributed by atoms with Gasteiger partial charge in [0, 0.05) is 21.0 Å². The summed E-state index contributed by atoms with van der Waals surface area (Å²) < 4.78 is 1.03. The van der Waals surface area contributed by atoms with E-state index in [1.165, 1.54) is 0 Å². The zero-order valence-electron chi connectivity index (χ0n) is 9.48. The predicted molar refractivity (Wildman–Crippen MR) is 76.2 cm³/mol. The second-order valence-corrected chi connectivity index (χ2v) is 4.94. The molecule has 0 fully saturated rings. The van der Waals surface area contributed by atoms with Crippen molar-refractivity contribution in [3.63, 3.8) is 0 Å². The Labute approximate surface area is 114 Å². The van der Waals surface area contributed by atoms with Gasteiger partial charge in [-0.3, -0.25) is 9.78 Å². The fraction of sp³-hybridized carbons (Fsp3) is 0.143. The zero-order chi connectivity index (χ0) is 12.3. The van der Waals surface area contributed by atoms with Gasteiger partial charge in [0.25, 0.3) is 0 Å². The normalized spacial score (nSPS) is 10.2. The lowest BCUT2D eigenvalue weighted by Crippen LogP contribution is -2.07. The van der Waals surface area contributed by atoms with Gasteiger partial charge in [-0.2, -0.15) is 0 Å². The Morgan fingerprint density at radius 3 is 2.76 bits per heavy atom. The summed E-state index contributed by atoms with van der Waals surface area (Å²) >= 11 is 2.22. The number of carbonyl (C=O) groups excluding carboxylic acids is 1. The van der Waals surface area contributed by atoms with Gasteiger partial charge in [-0.05, 0) is 47.2 Å². The third kappa shape index (κ3) is 2.91. The van der Waals surface area contributed by atoms with Crippen molar-refractivity contribution in [3.8, 4) is 0 Å². The number of carbonyl (C=O) groups is 1. The number of pyridine rings is 1. The van der Waals surface area contributed by atoms with Crippen LogP contribution in [-0.2, 0) is 6.42 Å². The number of hydrogen-bond donors (Lipinski definition) is 0. The molecule has 0 amide bonds. The number of halogens is 1. The predicted octanol–water partition coefficient (Wildman–Crippen LogP) is 3.42. The van der Waals surface area contributed by atoms with E-state index in [0.29, 0.717) is 6.42 Å². The monoisotopic (exact) mass is 337 g/mol. The Bertz CT molecular complexity index is 537. The molecule has 0 spiro atoms. The summed E-state index contributed by atoms with van der Waals surface area (Å²) in [7, 11) is 0. The van der Waals surface area contributed by atoms with Gasteiger partial charge in [-0.25, -0.2) is 0 Å². The molecule has 0 N–H and O–H groups in total. The van der Waals surface area contributed by atoms with Gasteiger partial charge in [0.05, 0.1) is 6.42 Å². The van der Waals surface area contributed by atoms with Crippen LogP contribution in [0.3, 0.4) is 0 Å². The fourth-order valence-corrected chi connectivity index (χ4v) is 2.29. The molecule has 86 valence electrons. The molecule has 1 heterocycles. The summed E-state index contributed by atoms with van der Waals surface area (Å²) in [5.74, 6) is 0.122. The van der Waals surface area contributed by atoms with E-state index in [-0.39, 0.29) is 5.78 Å². The minimum Gasteiger partial charge on any atom is -0.294 e. The van der Waals surface area contributed by atoms with Crippen LogP contribution in [0.4, 0.5) is 0 Å². The van der Waals surface area contributed by atoms with Crippen LogP contribution in [0.15, 0.2) is 42.6 Å². The Morgan fingerprint density at radius 1 is 1.24 bits per heavy atom. The van der Waals surface area contributed by atoms with E-state index in [9.17, 15) is 4.79 Å². The van der Waals surface area contributed by atoms with Crippen LogP contribution < -0.4 is 0 Å². The van der Waals surface area contributed by atoms with Crippen molar-refractivity contribution >= 4 is 28.4 Å². The van der Waals surface area contributed by atoms with Gasteiger partial charge in [0.15, 0.2) is 5.78 Å². The molecule has 0 saturated heterocycles. The van der Waals surface area contributed by atoms with Crippen LogP contribution >= 0.6 is 22.6 Å². The van der Waals surface area contributed by atoms with Crippen LogP contribution in [0.5, 0.6) is 0 Å². The first-order valence-electron chi connectivity index (χ1n) is 5.36. The average Bonchev–Trinajstić information content (AvgIpc) is 2.34. The molecular formula is C14H12INO. The standard InChI is InChI=1S/C14H12INO/c1-10-5-4-7-12(14(10)15)13(17)9-11-6-2-3-8-16-11/h2-8H,9H2,1H3. The lowest BCUT2D eigenvalue weighted by molar-refractivity contribution is 0.0991. The van der Waals surface area contributed by atoms with E-state index in [2.05, 4.69) is 27.6 Å². The van der Waals surface area contributed by atoms with E-state index >= 15 is 0 Å². The van der Waals surface area contributed by atoms with Crippen LogP contribution in [0, 0.1) is 10.5 Å². The number of ketones is 1. The number of nitrogens with zero attached hydrogens (tertiary/aromatic N) is 1. The highest BCUT2D eigenvalue weighted by atomic mass is 127. The summed E-state index contributed by atoms with van der Waals surface area (Å²) in [6.45, 7) is 2.01. The summed E-state index contributed by atoms with van der Waals surface area (Å²) in [6.07, 6.45) is 2.07. The van der Waals surface area contributed by atoms with Crippen LogP contribution in [-0.4, -0.2) is 10.8 Å². The van der Waals surface area contributed by atoms with E-state index in [0.717, 1.165) is 20.4 Å². The van der Waals surface area contributed by atoms with Crippen LogP contribution in [0.25, 0.3) is 0 Å². The van der Waals surface area contributed by atoms with Crippen molar-refractivity contribution in [3.05, 3.63) is 63.0 Å². The Hall–Kier alpha value is -1.23. The highest BCUT2D eigenvalue weighted by molar-refractivity contribution is 14.1. The van der Waals surface area contributed by atoms with Gasteiger partial charge in [0.2, 0.25) is 0 Å². The molecule has 0 aliphatic carbocycles. The zero-order valence-corrected chi connectivity index (χ0v) is 11.6. The Kier molecular flexibility index (Phi) is 3.89. The third-order valence-corrected chi connectivity index (χ3v) is 3.99. The molecule has 2 aromatic rings. The third-order valence-electron chi connectivity index (χ3n) is 2.56. The molecule has 2 rings (SSSR count). The number of aryl methyl sites for hydroxylation is 1. The number of aromatic nitrogens is 1. The van der Waals surface area contributed by atoms with Crippen molar-refractivity contribution < 1.29 is 4.79 Å². The first kappa shape index (κ1) is 12.2. The van der Waals surface area contributed by atoms with Crippen molar-refractivity contribution in [2.75, 3.05) is 0 Å². The maximum Gasteiger partial charge on any atom is 0.169 e. The molecule has 0 radical (unpaired) electrons. The minimum absolute atomic E-state index is 0.122. The lowest BCUT2D eigenvalue weighted by Gasteiger charge is -2.05. The molecule has 0 bridgehead atoms. The van der Waals surface area contributed by atoms with Crippen molar-refractivity contribution in [1.29, 1.82) is 0 Å². The number of rotatable bonds is 3. The maximum absolute atomic E-state index is 12.1. The molecule has 2 nitrogen and oxygen atoms in total. The first-order valence-corrected chi connectivity index (χ1v) is 6.44.